The predicted molar refractivity (Wildman–Crippen MR) is 134 cm³/mol. The van der Waals surface area contributed by atoms with Gasteiger partial charge in [0.15, 0.2) is 11.4 Å². The van der Waals surface area contributed by atoms with Crippen molar-refractivity contribution in [3.63, 3.8) is 0 Å². The number of rotatable bonds is 6. The highest BCUT2D eigenvalue weighted by Crippen LogP contribution is 2.69. The molecule has 38 heavy (non-hydrogen) atoms. The number of ketones is 1. The van der Waals surface area contributed by atoms with E-state index in [1.807, 2.05) is 6.92 Å². The number of methoxy groups -OCH3 is 1. The smallest absolute Gasteiger partial charge is 0.337 e. The Labute approximate surface area is 223 Å². The highest BCUT2D eigenvalue weighted by atomic mass is 16.5. The Kier molecular flexibility index (Phi) is 7.05. The standard InChI is InChI=1S/C28H44O10/c1-23-9-6-15-16(12-21(32)28(37)14-18(30)17(29)13-24(15,28)2)27(23,36)11-7-19(23)26(4,35)20(31)8-10-25(3,34)22(33)38-5/h12,15,17-20,29-31,34-37H,6-11,13-14H2,1-5H3/t15-,17-,18+,19-,20+,23+,24+,25-,26+,27+,28+/m0/s1. The van der Waals surface area contributed by atoms with Gasteiger partial charge in [0.05, 0.1) is 36.6 Å². The molecule has 0 heterocycles. The monoisotopic (exact) mass is 540 g/mol. The first-order valence-electron chi connectivity index (χ1n) is 13.6. The van der Waals surface area contributed by atoms with E-state index >= 15 is 0 Å². The van der Waals surface area contributed by atoms with Crippen molar-refractivity contribution >= 4 is 11.8 Å². The second kappa shape index (κ2) is 9.06. The highest BCUT2D eigenvalue weighted by Gasteiger charge is 2.71. The molecule has 0 aromatic rings. The molecule has 0 aliphatic heterocycles. The normalized spacial score (nSPS) is 46.5. The van der Waals surface area contributed by atoms with Crippen molar-refractivity contribution in [1.82, 2.24) is 0 Å². The second-order valence-electron chi connectivity index (χ2n) is 13.3. The number of carbonyl (C=O) groups is 2. The Hall–Kier alpha value is -1.40. The largest absolute Gasteiger partial charge is 0.467 e. The molecular formula is C28H44O10. The van der Waals surface area contributed by atoms with E-state index in [2.05, 4.69) is 4.74 Å². The van der Waals surface area contributed by atoms with Gasteiger partial charge < -0.3 is 40.5 Å². The lowest BCUT2D eigenvalue weighted by atomic mass is 9.44. The number of aliphatic hydroxyl groups is 7. The van der Waals surface area contributed by atoms with Crippen molar-refractivity contribution in [2.75, 3.05) is 7.11 Å². The zero-order valence-corrected chi connectivity index (χ0v) is 23.0. The first kappa shape index (κ1) is 29.6. The number of hydrogen-bond donors (Lipinski definition) is 7. The summed E-state index contributed by atoms with van der Waals surface area (Å²) in [6, 6.07) is 0. The lowest BCUT2D eigenvalue weighted by Crippen LogP contribution is -2.69. The molecular weight excluding hydrogens is 496 g/mol. The van der Waals surface area contributed by atoms with Gasteiger partial charge in [0.25, 0.3) is 0 Å². The third kappa shape index (κ3) is 3.86. The van der Waals surface area contributed by atoms with Gasteiger partial charge in [-0.15, -0.1) is 0 Å². The van der Waals surface area contributed by atoms with Crippen molar-refractivity contribution < 1.29 is 50.1 Å². The van der Waals surface area contributed by atoms with Crippen LogP contribution in [0.5, 0.6) is 0 Å². The van der Waals surface area contributed by atoms with Crippen LogP contribution in [0.3, 0.4) is 0 Å². The van der Waals surface area contributed by atoms with Crippen LogP contribution in [0, 0.1) is 22.7 Å². The molecule has 10 heteroatoms. The van der Waals surface area contributed by atoms with E-state index in [-0.39, 0.29) is 32.1 Å². The molecule has 0 aromatic carbocycles. The summed E-state index contributed by atoms with van der Waals surface area (Å²) in [5, 5.41) is 77.5. The Morgan fingerprint density at radius 1 is 1.05 bits per heavy atom. The first-order valence-corrected chi connectivity index (χ1v) is 13.6. The van der Waals surface area contributed by atoms with E-state index in [0.717, 1.165) is 7.11 Å². The molecule has 0 aromatic heterocycles. The van der Waals surface area contributed by atoms with Gasteiger partial charge in [-0.1, -0.05) is 13.8 Å². The quantitative estimate of drug-likeness (QED) is 0.228. The molecule has 0 amide bonds. The molecule has 0 saturated heterocycles. The number of hydrogen-bond acceptors (Lipinski definition) is 10. The fraction of sp³-hybridized carbons (Fsp3) is 0.857. The van der Waals surface area contributed by atoms with Crippen molar-refractivity contribution in [2.45, 2.75) is 120 Å². The first-order chi connectivity index (χ1) is 17.3. The molecule has 4 aliphatic carbocycles. The summed E-state index contributed by atoms with van der Waals surface area (Å²) in [6.45, 7) is 6.37. The van der Waals surface area contributed by atoms with Gasteiger partial charge in [0.1, 0.15) is 5.60 Å². The fourth-order valence-electron chi connectivity index (χ4n) is 8.56. The zero-order chi connectivity index (χ0) is 28.7. The van der Waals surface area contributed by atoms with Crippen LogP contribution in [0.4, 0.5) is 0 Å². The minimum absolute atomic E-state index is 0.00515. The van der Waals surface area contributed by atoms with Crippen LogP contribution in [0.25, 0.3) is 0 Å². The number of aliphatic hydroxyl groups excluding tert-OH is 3. The fourth-order valence-corrected chi connectivity index (χ4v) is 8.56. The molecule has 216 valence electrons. The van der Waals surface area contributed by atoms with Crippen LogP contribution in [-0.2, 0) is 14.3 Å². The molecule has 10 nitrogen and oxygen atoms in total. The maximum Gasteiger partial charge on any atom is 0.337 e. The predicted octanol–water partition coefficient (Wildman–Crippen LogP) is 0.122. The van der Waals surface area contributed by atoms with E-state index < -0.39 is 75.1 Å². The van der Waals surface area contributed by atoms with Crippen LogP contribution in [0.2, 0.25) is 0 Å². The number of carbonyl (C=O) groups excluding carboxylic acids is 2. The summed E-state index contributed by atoms with van der Waals surface area (Å²) in [4.78, 5) is 25.2. The van der Waals surface area contributed by atoms with Crippen molar-refractivity contribution in [2.24, 2.45) is 22.7 Å². The maximum absolute atomic E-state index is 13.4. The minimum Gasteiger partial charge on any atom is -0.467 e. The molecule has 3 fully saturated rings. The summed E-state index contributed by atoms with van der Waals surface area (Å²) in [6.07, 6.45) is -1.36. The molecule has 0 bridgehead atoms. The lowest BCUT2D eigenvalue weighted by molar-refractivity contribution is -0.211. The van der Waals surface area contributed by atoms with E-state index in [4.69, 9.17) is 0 Å². The van der Waals surface area contributed by atoms with Gasteiger partial charge in [-0.05, 0) is 82.3 Å². The lowest BCUT2D eigenvalue weighted by Gasteiger charge is -2.62. The average Bonchev–Trinajstić information content (AvgIpc) is 3.12. The molecule has 4 aliphatic rings. The molecule has 7 N–H and O–H groups in total. The SMILES string of the molecule is COC(=O)[C@@](C)(O)CC[C@@H](O)[C@](C)(O)[C@H]1CC[C@@]2(O)C3=CC(=O)[C@]4(O)C[C@@H](O)[C@@H](O)C[C@]4(C)[C@H]3CC[C@]12C. The van der Waals surface area contributed by atoms with Gasteiger partial charge in [0, 0.05) is 17.3 Å². The van der Waals surface area contributed by atoms with Crippen molar-refractivity contribution in [1.29, 1.82) is 0 Å². The molecule has 11 atom stereocenters. The summed E-state index contributed by atoms with van der Waals surface area (Å²) < 4.78 is 4.61. The molecule has 4 rings (SSSR count). The molecule has 0 spiro atoms. The number of fused-ring (bicyclic) bond motifs is 5. The maximum atomic E-state index is 13.4. The summed E-state index contributed by atoms with van der Waals surface area (Å²) in [5.74, 6) is -2.45. The third-order valence-electron chi connectivity index (χ3n) is 11.2. The number of ether oxygens (including phenoxy) is 1. The minimum atomic E-state index is -1.86. The summed E-state index contributed by atoms with van der Waals surface area (Å²) in [5.41, 5.74) is -8.42. The number of esters is 1. The van der Waals surface area contributed by atoms with Crippen LogP contribution in [0.15, 0.2) is 11.6 Å². The average molecular weight is 541 g/mol. The van der Waals surface area contributed by atoms with Crippen LogP contribution in [-0.4, -0.2) is 95.3 Å². The van der Waals surface area contributed by atoms with E-state index in [0.29, 0.717) is 24.8 Å². The molecule has 3 saturated carbocycles. The Bertz CT molecular complexity index is 1020. The van der Waals surface area contributed by atoms with Gasteiger partial charge in [-0.2, -0.15) is 0 Å². The summed E-state index contributed by atoms with van der Waals surface area (Å²) >= 11 is 0. The molecule has 0 unspecified atom stereocenters. The Balaban J connectivity index is 1.64. The summed E-state index contributed by atoms with van der Waals surface area (Å²) in [7, 11) is 1.15. The van der Waals surface area contributed by atoms with Crippen LogP contribution >= 0.6 is 0 Å². The second-order valence-corrected chi connectivity index (χ2v) is 13.3. The van der Waals surface area contributed by atoms with Gasteiger partial charge in [-0.25, -0.2) is 4.79 Å². The Morgan fingerprint density at radius 2 is 1.66 bits per heavy atom. The highest BCUT2D eigenvalue weighted by molar-refractivity contribution is 6.00. The topological polar surface area (TPSA) is 185 Å². The van der Waals surface area contributed by atoms with Crippen LogP contribution < -0.4 is 0 Å². The Morgan fingerprint density at radius 3 is 2.26 bits per heavy atom. The van der Waals surface area contributed by atoms with Gasteiger partial charge >= 0.3 is 5.97 Å². The zero-order valence-electron chi connectivity index (χ0n) is 23.0. The van der Waals surface area contributed by atoms with Crippen LogP contribution in [0.1, 0.15) is 79.1 Å². The van der Waals surface area contributed by atoms with Crippen molar-refractivity contribution in [3.05, 3.63) is 11.6 Å². The van der Waals surface area contributed by atoms with Crippen molar-refractivity contribution in [3.8, 4) is 0 Å². The van der Waals surface area contributed by atoms with E-state index in [1.165, 1.54) is 19.9 Å². The van der Waals surface area contributed by atoms with E-state index in [1.54, 1.807) is 6.92 Å². The third-order valence-corrected chi connectivity index (χ3v) is 11.2. The van der Waals surface area contributed by atoms with Gasteiger partial charge in [-0.3, -0.25) is 4.79 Å². The van der Waals surface area contributed by atoms with Gasteiger partial charge in [0.2, 0.25) is 0 Å². The molecule has 0 radical (unpaired) electrons. The van der Waals surface area contributed by atoms with E-state index in [9.17, 15) is 45.3 Å².